The van der Waals surface area contributed by atoms with Crippen molar-refractivity contribution in [3.05, 3.63) is 102 Å². The number of imide groups is 1. The molecule has 3 heterocycles. The van der Waals surface area contributed by atoms with Gasteiger partial charge in [-0.3, -0.25) is 14.4 Å². The van der Waals surface area contributed by atoms with Crippen LogP contribution in [0.25, 0.3) is 6.08 Å². The number of methoxy groups -OCH3 is 1. The molecule has 3 aromatic rings. The number of nitrogens with zero attached hydrogens (tertiary/aromatic N) is 2. The number of carbonyl (C=O) groups excluding carboxylic acids is 3. The first kappa shape index (κ1) is 21.3. The van der Waals surface area contributed by atoms with E-state index < -0.39 is 41.6 Å². The van der Waals surface area contributed by atoms with Crippen LogP contribution in [0.2, 0.25) is 0 Å². The standard InChI is InChI=1S/C28H21FN2O4/c1-35-20-11-9-17(10-12-20)26(32)25-23-22(24-21-8-3-2-5-16(21)13-14-30(24)25)27(33)31(28(23)34)19-7-4-6-18(29)15-19/h2-15,22-25H,1H3/t22-,23+,24-,25-/m0/s1. The summed E-state index contributed by atoms with van der Waals surface area (Å²) in [6, 6.07) is 18.4. The number of hydrogen-bond donors (Lipinski definition) is 0. The largest absolute Gasteiger partial charge is 0.497 e. The third-order valence-corrected chi connectivity index (χ3v) is 7.17. The van der Waals surface area contributed by atoms with Crippen LogP contribution in [0.5, 0.6) is 5.75 Å². The Morgan fingerprint density at radius 1 is 0.914 bits per heavy atom. The summed E-state index contributed by atoms with van der Waals surface area (Å²) in [5.41, 5.74) is 2.43. The van der Waals surface area contributed by atoms with Gasteiger partial charge in [0, 0.05) is 11.8 Å². The van der Waals surface area contributed by atoms with E-state index in [-0.39, 0.29) is 11.5 Å². The second-order valence-corrected chi connectivity index (χ2v) is 8.92. The molecule has 174 valence electrons. The van der Waals surface area contributed by atoms with Crippen LogP contribution >= 0.6 is 0 Å². The van der Waals surface area contributed by atoms with Gasteiger partial charge in [0.2, 0.25) is 11.8 Å². The minimum atomic E-state index is -0.902. The van der Waals surface area contributed by atoms with Crippen molar-refractivity contribution in [3.8, 4) is 5.75 Å². The van der Waals surface area contributed by atoms with Crippen LogP contribution in [-0.4, -0.2) is 35.6 Å². The van der Waals surface area contributed by atoms with Crippen LogP contribution < -0.4 is 9.64 Å². The molecule has 0 N–H and O–H groups in total. The van der Waals surface area contributed by atoms with E-state index in [0.717, 1.165) is 16.0 Å². The lowest BCUT2D eigenvalue weighted by molar-refractivity contribution is -0.123. The Morgan fingerprint density at radius 2 is 1.66 bits per heavy atom. The second kappa shape index (κ2) is 7.91. The van der Waals surface area contributed by atoms with Crippen molar-refractivity contribution in [1.29, 1.82) is 0 Å². The average Bonchev–Trinajstić information content (AvgIpc) is 3.36. The summed E-state index contributed by atoms with van der Waals surface area (Å²) in [6.07, 6.45) is 3.71. The van der Waals surface area contributed by atoms with Crippen molar-refractivity contribution in [2.24, 2.45) is 11.8 Å². The fourth-order valence-corrected chi connectivity index (χ4v) is 5.65. The van der Waals surface area contributed by atoms with Gasteiger partial charge in [0.25, 0.3) is 0 Å². The Hall–Kier alpha value is -4.26. The maximum absolute atomic E-state index is 14.0. The highest BCUT2D eigenvalue weighted by atomic mass is 19.1. The van der Waals surface area contributed by atoms with E-state index in [2.05, 4.69) is 0 Å². The third-order valence-electron chi connectivity index (χ3n) is 7.17. The van der Waals surface area contributed by atoms with Gasteiger partial charge in [-0.15, -0.1) is 0 Å². The lowest BCUT2D eigenvalue weighted by Crippen LogP contribution is -2.44. The van der Waals surface area contributed by atoms with Gasteiger partial charge in [-0.25, -0.2) is 9.29 Å². The van der Waals surface area contributed by atoms with Gasteiger partial charge in [0.1, 0.15) is 17.6 Å². The Balaban J connectivity index is 1.48. The van der Waals surface area contributed by atoms with E-state index in [4.69, 9.17) is 4.74 Å². The van der Waals surface area contributed by atoms with Crippen LogP contribution in [0.3, 0.4) is 0 Å². The lowest BCUT2D eigenvalue weighted by atomic mass is 9.83. The first-order chi connectivity index (χ1) is 17.0. The molecule has 0 saturated carbocycles. The number of halogens is 1. The van der Waals surface area contributed by atoms with E-state index in [0.29, 0.717) is 11.3 Å². The van der Waals surface area contributed by atoms with Crippen molar-refractivity contribution in [2.45, 2.75) is 12.1 Å². The number of hydrogen-bond acceptors (Lipinski definition) is 5. The summed E-state index contributed by atoms with van der Waals surface area (Å²) < 4.78 is 19.2. The first-order valence-electron chi connectivity index (χ1n) is 11.4. The summed E-state index contributed by atoms with van der Waals surface area (Å²) >= 11 is 0. The Labute approximate surface area is 201 Å². The maximum Gasteiger partial charge on any atom is 0.240 e. The fraction of sp³-hybridized carbons (Fsp3) is 0.179. The van der Waals surface area contributed by atoms with Gasteiger partial charge in [0.15, 0.2) is 5.78 Å². The molecule has 6 nitrogen and oxygen atoms in total. The van der Waals surface area contributed by atoms with E-state index in [1.54, 1.807) is 31.4 Å². The molecule has 2 saturated heterocycles. The molecule has 2 fully saturated rings. The molecular formula is C28H21FN2O4. The molecular weight excluding hydrogens is 447 g/mol. The van der Waals surface area contributed by atoms with Gasteiger partial charge in [-0.2, -0.15) is 0 Å². The molecule has 0 spiro atoms. The number of anilines is 1. The fourth-order valence-electron chi connectivity index (χ4n) is 5.65. The normalized spacial score (nSPS) is 24.3. The highest BCUT2D eigenvalue weighted by Crippen LogP contribution is 2.53. The maximum atomic E-state index is 14.0. The van der Waals surface area contributed by atoms with E-state index >= 15 is 0 Å². The number of fused-ring (bicyclic) bond motifs is 5. The molecule has 0 aliphatic carbocycles. The number of amides is 2. The number of Topliss-reactive ketones (excluding diaryl/α,β-unsaturated/α-hetero) is 1. The van der Waals surface area contributed by atoms with Crippen LogP contribution in [0, 0.1) is 17.7 Å². The van der Waals surface area contributed by atoms with E-state index in [1.165, 1.54) is 24.3 Å². The van der Waals surface area contributed by atoms with Crippen molar-refractivity contribution >= 4 is 29.4 Å². The highest BCUT2D eigenvalue weighted by molar-refractivity contribution is 6.24. The monoisotopic (exact) mass is 468 g/mol. The van der Waals surface area contributed by atoms with Crippen LogP contribution in [-0.2, 0) is 9.59 Å². The summed E-state index contributed by atoms with van der Waals surface area (Å²) in [5.74, 6) is -2.77. The van der Waals surface area contributed by atoms with E-state index in [1.807, 2.05) is 41.4 Å². The highest BCUT2D eigenvalue weighted by Gasteiger charge is 2.64. The quantitative estimate of drug-likeness (QED) is 0.424. The van der Waals surface area contributed by atoms with Gasteiger partial charge < -0.3 is 9.64 Å². The third kappa shape index (κ3) is 3.11. The molecule has 3 aliphatic heterocycles. The summed E-state index contributed by atoms with van der Waals surface area (Å²) in [4.78, 5) is 44.3. The van der Waals surface area contributed by atoms with Crippen molar-refractivity contribution in [1.82, 2.24) is 4.90 Å². The van der Waals surface area contributed by atoms with Crippen molar-refractivity contribution in [3.63, 3.8) is 0 Å². The zero-order valence-corrected chi connectivity index (χ0v) is 18.8. The molecule has 3 aliphatic rings. The molecule has 4 atom stereocenters. The lowest BCUT2D eigenvalue weighted by Gasteiger charge is -2.35. The SMILES string of the molecule is COc1ccc(C(=O)[C@@H]2[C@@H]3C(=O)N(c4cccc(F)c4)C(=O)[C@@H]3[C@@H]3c4ccccc4C=CN23)cc1. The molecule has 0 aromatic heterocycles. The molecule has 0 radical (unpaired) electrons. The summed E-state index contributed by atoms with van der Waals surface area (Å²) in [7, 11) is 1.54. The Bertz CT molecular complexity index is 1400. The van der Waals surface area contributed by atoms with Crippen LogP contribution in [0.1, 0.15) is 27.5 Å². The topological polar surface area (TPSA) is 66.9 Å². The minimum absolute atomic E-state index is 0.177. The van der Waals surface area contributed by atoms with E-state index in [9.17, 15) is 18.8 Å². The number of ketones is 1. The average molecular weight is 468 g/mol. The minimum Gasteiger partial charge on any atom is -0.497 e. The predicted octanol–water partition coefficient (Wildman–Crippen LogP) is 4.23. The molecule has 2 amide bonds. The number of carbonyl (C=O) groups is 3. The second-order valence-electron chi connectivity index (χ2n) is 8.92. The zero-order valence-electron chi connectivity index (χ0n) is 18.8. The Morgan fingerprint density at radius 3 is 2.40 bits per heavy atom. The zero-order chi connectivity index (χ0) is 24.3. The molecule has 0 unspecified atom stereocenters. The number of benzene rings is 3. The molecule has 6 rings (SSSR count). The van der Waals surface area contributed by atoms with Crippen LogP contribution in [0.15, 0.2) is 79.0 Å². The first-order valence-corrected chi connectivity index (χ1v) is 11.4. The number of ether oxygens (including phenoxy) is 1. The molecule has 0 bridgehead atoms. The van der Waals surface area contributed by atoms with Gasteiger partial charge in [-0.05, 0) is 59.7 Å². The summed E-state index contributed by atoms with van der Waals surface area (Å²) in [5, 5.41) is 0. The molecule has 7 heteroatoms. The number of rotatable bonds is 4. The van der Waals surface area contributed by atoms with Crippen LogP contribution in [0.4, 0.5) is 10.1 Å². The van der Waals surface area contributed by atoms with Crippen molar-refractivity contribution in [2.75, 3.05) is 12.0 Å². The van der Waals surface area contributed by atoms with Crippen molar-refractivity contribution < 1.29 is 23.5 Å². The summed E-state index contributed by atoms with van der Waals surface area (Å²) in [6.45, 7) is 0. The molecule has 3 aromatic carbocycles. The van der Waals surface area contributed by atoms with Gasteiger partial charge in [0.05, 0.1) is 30.7 Å². The molecule has 35 heavy (non-hydrogen) atoms. The predicted molar refractivity (Wildman–Crippen MR) is 127 cm³/mol. The Kier molecular flexibility index (Phi) is 4.81. The smallest absolute Gasteiger partial charge is 0.240 e. The van der Waals surface area contributed by atoms with Gasteiger partial charge in [-0.1, -0.05) is 30.3 Å². The van der Waals surface area contributed by atoms with Gasteiger partial charge >= 0.3 is 0 Å².